The zero-order valence-corrected chi connectivity index (χ0v) is 14.6. The van der Waals surface area contributed by atoms with Gasteiger partial charge in [0.05, 0.1) is 6.33 Å². The summed E-state index contributed by atoms with van der Waals surface area (Å²) in [5.74, 6) is 0. The van der Waals surface area contributed by atoms with Crippen molar-refractivity contribution in [2.24, 2.45) is 21.1 Å². The molecule has 18 heavy (non-hydrogen) atoms. The Kier molecular flexibility index (Phi) is 5.20. The molecule has 2 aromatic heterocycles. The summed E-state index contributed by atoms with van der Waals surface area (Å²) in [5.41, 5.74) is 0.180. The molecule has 0 aromatic carbocycles. The molecule has 7 nitrogen and oxygen atoms in total. The van der Waals surface area contributed by atoms with E-state index in [2.05, 4.69) is 33.2 Å². The number of aryl methyl sites for hydroxylation is 2. The van der Waals surface area contributed by atoms with Crippen LogP contribution in [0.1, 0.15) is 0 Å². The zero-order valence-electron chi connectivity index (χ0n) is 9.76. The average molecular weight is 449 g/mol. The molecule has 0 amide bonds. The first-order chi connectivity index (χ1) is 8.27. The van der Waals surface area contributed by atoms with E-state index < -0.39 is 10.2 Å². The van der Waals surface area contributed by atoms with Gasteiger partial charge in [0.1, 0.15) is 0 Å². The molecule has 0 radical (unpaired) electrons. The molecule has 0 spiro atoms. The van der Waals surface area contributed by atoms with Gasteiger partial charge in [-0.2, -0.15) is 0 Å². The van der Waals surface area contributed by atoms with E-state index in [1.165, 1.54) is 17.9 Å². The van der Waals surface area contributed by atoms with Crippen LogP contribution in [0.15, 0.2) is 15.9 Å². The Labute approximate surface area is 120 Å². The third kappa shape index (κ3) is 3.05. The van der Waals surface area contributed by atoms with E-state index in [4.69, 9.17) is 0 Å². The minimum atomic E-state index is -1.67. The quantitative estimate of drug-likeness (QED) is 0.538. The second-order valence-corrected chi connectivity index (χ2v) is 14.8. The first-order valence-corrected chi connectivity index (χ1v) is 13.3. The molecule has 0 unspecified atom stereocenters. The van der Waals surface area contributed by atoms with Crippen molar-refractivity contribution in [3.8, 4) is 0 Å². The summed E-state index contributed by atoms with van der Waals surface area (Å²) in [6.07, 6.45) is 1.52. The van der Waals surface area contributed by atoms with Crippen LogP contribution < -0.4 is 11.2 Å². The average Bonchev–Trinajstić information content (AvgIpc) is 2.65. The fourth-order valence-corrected chi connectivity index (χ4v) is 1.47. The van der Waals surface area contributed by atoms with E-state index >= 15 is 0 Å². The molecule has 0 N–H and O–H groups in total. The van der Waals surface area contributed by atoms with Gasteiger partial charge in [0, 0.05) is 21.1 Å². The molecule has 2 heterocycles. The van der Waals surface area contributed by atoms with Crippen LogP contribution >= 0.6 is 28.2 Å². The van der Waals surface area contributed by atoms with E-state index in [1.807, 2.05) is 0 Å². The van der Waals surface area contributed by atoms with Crippen LogP contribution in [0.25, 0.3) is 11.2 Å². The molecule has 0 aliphatic carbocycles. The first-order valence-electron chi connectivity index (χ1n) is 4.58. The molecule has 0 saturated heterocycles. The Balaban J connectivity index is 0.000000357. The predicted molar refractivity (Wildman–Crippen MR) is 75.5 cm³/mol. The summed E-state index contributed by atoms with van der Waals surface area (Å²) in [6.45, 7) is 0. The summed E-state index contributed by atoms with van der Waals surface area (Å²) in [5, 5.41) is 0. The van der Waals surface area contributed by atoms with Crippen LogP contribution in [0.3, 0.4) is 0 Å². The fraction of sp³-hybridized carbons (Fsp3) is 0.375. The van der Waals surface area contributed by atoms with Crippen LogP contribution in [-0.4, -0.2) is 28.9 Å². The molecule has 0 aliphatic heterocycles. The van der Waals surface area contributed by atoms with Crippen molar-refractivity contribution in [3.05, 3.63) is 27.2 Å². The van der Waals surface area contributed by atoms with Crippen molar-refractivity contribution < 1.29 is 3.83 Å². The Morgan fingerprint density at radius 2 is 1.67 bits per heavy atom. The first kappa shape index (κ1) is 15.5. The number of hydrogen-bond donors (Lipinski definition) is 0. The van der Waals surface area contributed by atoms with Gasteiger partial charge in [-0.3, -0.25) is 13.9 Å². The van der Waals surface area contributed by atoms with Gasteiger partial charge in [-0.25, -0.2) is 9.78 Å². The maximum absolute atomic E-state index is 11.7. The molecule has 0 saturated carbocycles. The minimum absolute atomic E-state index is 0.317. The standard InChI is InChI=1S/C8H10N4O2.Br2OSe/c1-10-4-9-6-5(10)7(13)12(3)8(14)11(6)2;1-4(2)3/h4H,1-3H3;. The SMILES string of the molecule is Cn1c(=O)c2c(ncn2C)n(C)c1=O.O=[Se](Br)Br. The molecule has 0 aliphatic rings. The Morgan fingerprint density at radius 3 is 2.17 bits per heavy atom. The molecular weight excluding hydrogens is 439 g/mol. The fourth-order valence-electron chi connectivity index (χ4n) is 1.47. The van der Waals surface area contributed by atoms with E-state index in [-0.39, 0.29) is 11.2 Å². The molecule has 0 fully saturated rings. The summed E-state index contributed by atoms with van der Waals surface area (Å²) in [4.78, 5) is 27.2. The summed E-state index contributed by atoms with van der Waals surface area (Å²) >= 11 is 5.51. The van der Waals surface area contributed by atoms with Crippen LogP contribution in [0.4, 0.5) is 0 Å². The van der Waals surface area contributed by atoms with Gasteiger partial charge in [0.2, 0.25) is 0 Å². The third-order valence-corrected chi connectivity index (χ3v) is 2.32. The van der Waals surface area contributed by atoms with Gasteiger partial charge >= 0.3 is 48.0 Å². The Bertz CT molecular complexity index is 713. The summed E-state index contributed by atoms with van der Waals surface area (Å²) in [7, 11) is 3.11. The molecule has 100 valence electrons. The van der Waals surface area contributed by atoms with Crippen LogP contribution in [0, 0.1) is 0 Å². The second-order valence-electron chi connectivity index (χ2n) is 3.42. The number of hydrogen-bond acceptors (Lipinski definition) is 4. The van der Waals surface area contributed by atoms with E-state index in [0.717, 1.165) is 4.57 Å². The topological polar surface area (TPSA) is 78.9 Å². The Morgan fingerprint density at radius 1 is 1.17 bits per heavy atom. The van der Waals surface area contributed by atoms with Crippen molar-refractivity contribution in [1.82, 2.24) is 18.7 Å². The van der Waals surface area contributed by atoms with Gasteiger partial charge in [-0.1, -0.05) is 0 Å². The Hall–Kier alpha value is -0.571. The van der Waals surface area contributed by atoms with Crippen LogP contribution in [0.2, 0.25) is 0 Å². The van der Waals surface area contributed by atoms with Crippen molar-refractivity contribution in [3.63, 3.8) is 0 Å². The molecule has 0 atom stereocenters. The van der Waals surface area contributed by atoms with Crippen molar-refractivity contribution in [1.29, 1.82) is 0 Å². The van der Waals surface area contributed by atoms with Crippen molar-refractivity contribution in [2.45, 2.75) is 0 Å². The monoisotopic (exact) mass is 448 g/mol. The molecular formula is C8H10Br2N4O3Se. The number of halogens is 2. The number of aromatic nitrogens is 4. The molecule has 2 aromatic rings. The van der Waals surface area contributed by atoms with Gasteiger partial charge < -0.3 is 4.57 Å². The number of nitrogens with zero attached hydrogens (tertiary/aromatic N) is 4. The number of rotatable bonds is 0. The molecule has 10 heteroatoms. The van der Waals surface area contributed by atoms with Gasteiger partial charge in [-0.05, 0) is 0 Å². The van der Waals surface area contributed by atoms with Gasteiger partial charge in [0.15, 0.2) is 11.2 Å². The zero-order chi connectivity index (χ0) is 14.0. The maximum atomic E-state index is 11.7. The predicted octanol–water partition coefficient (Wildman–Crippen LogP) is 0.162. The van der Waals surface area contributed by atoms with Crippen molar-refractivity contribution >= 4 is 49.6 Å². The number of imidazole rings is 1. The van der Waals surface area contributed by atoms with Crippen molar-refractivity contribution in [2.75, 3.05) is 0 Å². The van der Waals surface area contributed by atoms with Gasteiger partial charge in [0.25, 0.3) is 5.56 Å². The molecule has 0 bridgehead atoms. The van der Waals surface area contributed by atoms with E-state index in [9.17, 15) is 13.4 Å². The normalized spacial score (nSPS) is 10.6. The summed E-state index contributed by atoms with van der Waals surface area (Å²) < 4.78 is 13.5. The van der Waals surface area contributed by atoms with E-state index in [0.29, 0.717) is 11.2 Å². The van der Waals surface area contributed by atoms with Gasteiger partial charge in [-0.15, -0.1) is 0 Å². The summed E-state index contributed by atoms with van der Waals surface area (Å²) in [6, 6.07) is 0. The number of fused-ring (bicyclic) bond motifs is 1. The molecule has 2 rings (SSSR count). The van der Waals surface area contributed by atoms with E-state index in [1.54, 1.807) is 18.7 Å². The third-order valence-electron chi connectivity index (χ3n) is 2.32. The van der Waals surface area contributed by atoms with Crippen LogP contribution in [0.5, 0.6) is 0 Å². The second kappa shape index (κ2) is 6.05. The van der Waals surface area contributed by atoms with Crippen LogP contribution in [-0.2, 0) is 25.0 Å².